The van der Waals surface area contributed by atoms with Crippen molar-refractivity contribution in [3.05, 3.63) is 71.9 Å². The normalized spacial score (nSPS) is 18.3. The third-order valence-corrected chi connectivity index (χ3v) is 11.8. The van der Waals surface area contributed by atoms with Crippen molar-refractivity contribution in [1.82, 2.24) is 41.4 Å². The highest BCUT2D eigenvalue weighted by Crippen LogP contribution is 2.26. The van der Waals surface area contributed by atoms with Gasteiger partial charge < -0.3 is 68.2 Å². The number of nitrogens with one attached hydrogen (secondary N) is 6. The molecule has 0 unspecified atom stereocenters. The van der Waals surface area contributed by atoms with E-state index >= 15 is 0 Å². The van der Waals surface area contributed by atoms with Gasteiger partial charge in [0.05, 0.1) is 25.1 Å². The number of para-hydroxylation sites is 1. The first-order valence-electron chi connectivity index (χ1n) is 22.2. The Balaban J connectivity index is 1.40. The van der Waals surface area contributed by atoms with Crippen molar-refractivity contribution in [2.24, 2.45) is 11.5 Å². The number of nitrogens with zero attached hydrogens (tertiary/aromatic N) is 2. The van der Waals surface area contributed by atoms with Crippen molar-refractivity contribution in [2.45, 2.75) is 113 Å². The summed E-state index contributed by atoms with van der Waals surface area (Å²) in [5.74, 6) is -9.33. The molecule has 0 bridgehead atoms. The minimum Gasteiger partial charge on any atom is -0.481 e. The fourth-order valence-corrected chi connectivity index (χ4v) is 8.32. The lowest BCUT2D eigenvalue weighted by atomic mass is 10.0. The number of rotatable bonds is 23. The van der Waals surface area contributed by atoms with Gasteiger partial charge >= 0.3 is 11.9 Å². The molecule has 2 aromatic carbocycles. The number of fused-ring (bicyclic) bond motifs is 1. The van der Waals surface area contributed by atoms with Crippen molar-refractivity contribution in [3.8, 4) is 0 Å². The Bertz CT molecular complexity index is 2360. The largest absolute Gasteiger partial charge is 0.481 e. The number of nitrogens with two attached hydrogens (primary N) is 2. The molecule has 5 rings (SSSR count). The number of carboxylic acids is 2. The maximum atomic E-state index is 14.5. The number of hydrogen-bond acceptors (Lipinski definition) is 12. The number of likely N-dealkylation sites (tertiary alicyclic amines) is 2. The molecule has 2 fully saturated rings. The second-order valence-corrected chi connectivity index (χ2v) is 16.9. The van der Waals surface area contributed by atoms with E-state index in [0.717, 1.165) is 0 Å². The Morgan fingerprint density at radius 2 is 1.35 bits per heavy atom. The summed E-state index contributed by atoms with van der Waals surface area (Å²) in [7, 11) is 0. The summed E-state index contributed by atoms with van der Waals surface area (Å²) in [5.41, 5.74) is 12.5. The zero-order valence-electron chi connectivity index (χ0n) is 37.4. The second-order valence-electron chi connectivity index (χ2n) is 16.9. The molecule has 8 atom stereocenters. The number of aromatic nitrogens is 1. The Morgan fingerprint density at radius 1 is 0.750 bits per heavy atom. The number of hydrogen-bond donors (Lipinski definition) is 11. The minimum absolute atomic E-state index is 0.0767. The number of aliphatic hydroxyl groups is 1. The molecule has 0 saturated carbocycles. The lowest BCUT2D eigenvalue weighted by Crippen LogP contribution is -2.61. The predicted molar refractivity (Wildman–Crippen MR) is 240 cm³/mol. The number of aliphatic hydroxyl groups excluding tert-OH is 1. The van der Waals surface area contributed by atoms with Crippen molar-refractivity contribution in [1.29, 1.82) is 0 Å². The monoisotopic (exact) mass is 946 g/mol. The topological polar surface area (TPSA) is 366 Å². The summed E-state index contributed by atoms with van der Waals surface area (Å²) in [6, 6.07) is 5.92. The molecule has 2 aliphatic rings. The summed E-state index contributed by atoms with van der Waals surface area (Å²) in [5, 5.41) is 43.1. The highest BCUT2D eigenvalue weighted by molar-refractivity contribution is 5.98. The van der Waals surface area contributed by atoms with E-state index in [2.05, 4.69) is 31.6 Å². The molecular formula is C45H58N10O13. The molecule has 2 saturated heterocycles. The third-order valence-electron chi connectivity index (χ3n) is 11.8. The average Bonchev–Trinajstić information content (AvgIpc) is 4.09. The first kappa shape index (κ1) is 51.6. The van der Waals surface area contributed by atoms with Crippen molar-refractivity contribution in [2.75, 3.05) is 19.6 Å². The van der Waals surface area contributed by atoms with Crippen LogP contribution in [0.4, 0.5) is 0 Å². The van der Waals surface area contributed by atoms with Crippen LogP contribution in [0, 0.1) is 0 Å². The van der Waals surface area contributed by atoms with E-state index in [0.29, 0.717) is 34.9 Å². The van der Waals surface area contributed by atoms with Crippen LogP contribution in [0.25, 0.3) is 10.9 Å². The van der Waals surface area contributed by atoms with Gasteiger partial charge in [0.1, 0.15) is 36.3 Å². The van der Waals surface area contributed by atoms with Crippen LogP contribution >= 0.6 is 0 Å². The van der Waals surface area contributed by atoms with E-state index in [4.69, 9.17) is 11.5 Å². The van der Waals surface area contributed by atoms with Gasteiger partial charge in [-0.05, 0) is 56.2 Å². The van der Waals surface area contributed by atoms with Gasteiger partial charge in [-0.3, -0.25) is 43.2 Å². The smallest absolute Gasteiger partial charge is 0.326 e. The lowest BCUT2D eigenvalue weighted by Gasteiger charge is -2.33. The first-order valence-corrected chi connectivity index (χ1v) is 22.2. The number of aliphatic carboxylic acids is 2. The number of aromatic amines is 1. The first-order chi connectivity index (χ1) is 32.3. The van der Waals surface area contributed by atoms with Gasteiger partial charge in [0.15, 0.2) is 0 Å². The van der Waals surface area contributed by atoms with E-state index in [1.807, 2.05) is 0 Å². The van der Waals surface area contributed by atoms with Crippen LogP contribution in [0.15, 0.2) is 60.8 Å². The molecule has 0 aliphatic carbocycles. The number of carboxylic acid groups (broad SMARTS) is 2. The molecule has 8 amide bonds. The molecule has 3 aromatic rings. The highest BCUT2D eigenvalue weighted by atomic mass is 16.4. The van der Waals surface area contributed by atoms with Crippen LogP contribution in [0.2, 0.25) is 0 Å². The van der Waals surface area contributed by atoms with E-state index in [1.165, 1.54) is 16.7 Å². The SMILES string of the molecule is C[C@@H](O)[C@H](NC(=O)CNC(=O)[C@@H](N)CC(N)=O)C(=O)N[C@@H](Cc1c[nH]c2ccccc12)C(=O)N[C@@H](Cc1ccccc1)C(=O)N[C@@H](CCC(=O)O)C(=O)N1CCC[C@H]1C(=O)N1CCC[C@H]1C(=O)O. The summed E-state index contributed by atoms with van der Waals surface area (Å²) in [6.07, 6.45) is -0.468. The zero-order valence-corrected chi connectivity index (χ0v) is 37.4. The van der Waals surface area contributed by atoms with Gasteiger partial charge in [-0.15, -0.1) is 0 Å². The Labute approximate surface area is 390 Å². The molecule has 23 heteroatoms. The number of H-pyrrole nitrogens is 1. The number of benzene rings is 2. The maximum Gasteiger partial charge on any atom is 0.326 e. The molecule has 1 aromatic heterocycles. The van der Waals surface area contributed by atoms with E-state index in [1.54, 1.807) is 60.8 Å². The second kappa shape index (κ2) is 23.9. The molecule has 13 N–H and O–H groups in total. The van der Waals surface area contributed by atoms with E-state index in [9.17, 15) is 63.3 Å². The van der Waals surface area contributed by atoms with E-state index in [-0.39, 0.29) is 38.8 Å². The van der Waals surface area contributed by atoms with Crippen LogP contribution < -0.4 is 38.1 Å². The van der Waals surface area contributed by atoms with Crippen LogP contribution in [0.5, 0.6) is 0 Å². The summed E-state index contributed by atoms with van der Waals surface area (Å²) in [4.78, 5) is 137. The van der Waals surface area contributed by atoms with Gasteiger partial charge in [-0.25, -0.2) is 4.79 Å². The van der Waals surface area contributed by atoms with Crippen LogP contribution in [0.3, 0.4) is 0 Å². The van der Waals surface area contributed by atoms with Crippen LogP contribution in [-0.2, 0) is 60.8 Å². The predicted octanol–water partition coefficient (Wildman–Crippen LogP) is -2.48. The molecule has 3 heterocycles. The van der Waals surface area contributed by atoms with Crippen LogP contribution in [0.1, 0.15) is 63.0 Å². The molecule has 68 heavy (non-hydrogen) atoms. The Hall–Kier alpha value is -7.40. The number of primary amides is 1. The fourth-order valence-electron chi connectivity index (χ4n) is 8.32. The molecular weight excluding hydrogens is 889 g/mol. The molecule has 0 spiro atoms. The van der Waals surface area contributed by atoms with Gasteiger partial charge in [-0.2, -0.15) is 0 Å². The maximum absolute atomic E-state index is 14.5. The van der Waals surface area contributed by atoms with E-state index < -0.39 is 133 Å². The van der Waals surface area contributed by atoms with Gasteiger partial charge in [0.25, 0.3) is 0 Å². The molecule has 23 nitrogen and oxygen atoms in total. The van der Waals surface area contributed by atoms with Crippen molar-refractivity contribution < 1.29 is 63.3 Å². The number of carbonyl (C=O) groups is 10. The standard InChI is InChI=1S/C45H58N10O13/c1-24(56)38(53-36(58)23-49-39(61)28(46)21-35(47)57)42(64)52-32(20-26-22-48-29-12-6-5-11-27(26)29)41(63)51-31(19-25-9-3-2-4-10-25)40(62)50-30(15-16-37(59)60)43(65)54-17-7-13-33(54)44(66)55-18-8-14-34(55)45(67)68/h2-6,9-12,22,24,28,30-34,38,48,56H,7-8,13-21,23,46H2,1H3,(H2,47,57)(H,49,61)(H,50,62)(H,51,63)(H,52,64)(H,53,58)(H,59,60)(H,67,68)/t24-,28+,30+,31+,32+,33+,34+,38+/m1/s1. The average molecular weight is 947 g/mol. The van der Waals surface area contributed by atoms with Gasteiger partial charge in [-0.1, -0.05) is 48.5 Å². The summed E-state index contributed by atoms with van der Waals surface area (Å²) >= 11 is 0. The molecule has 0 radical (unpaired) electrons. The van der Waals surface area contributed by atoms with Crippen molar-refractivity contribution >= 4 is 70.1 Å². The minimum atomic E-state index is -1.69. The van der Waals surface area contributed by atoms with Crippen molar-refractivity contribution in [3.63, 3.8) is 0 Å². The molecule has 366 valence electrons. The molecule has 2 aliphatic heterocycles. The Kier molecular flexibility index (Phi) is 18.1. The fraction of sp³-hybridized carbons (Fsp3) is 0.467. The van der Waals surface area contributed by atoms with Gasteiger partial charge in [0, 0.05) is 49.5 Å². The summed E-state index contributed by atoms with van der Waals surface area (Å²) < 4.78 is 0. The van der Waals surface area contributed by atoms with Gasteiger partial charge in [0.2, 0.25) is 47.3 Å². The Morgan fingerprint density at radius 3 is 2.00 bits per heavy atom. The number of amides is 8. The quantitative estimate of drug-likeness (QED) is 0.0469. The number of carbonyl (C=O) groups excluding carboxylic acids is 8. The summed E-state index contributed by atoms with van der Waals surface area (Å²) in [6.45, 7) is 0.738. The lowest BCUT2D eigenvalue weighted by molar-refractivity contribution is -0.152. The van der Waals surface area contributed by atoms with Crippen LogP contribution in [-0.4, -0.2) is 157 Å². The highest BCUT2D eigenvalue weighted by Gasteiger charge is 2.44. The third kappa shape index (κ3) is 13.8. The zero-order chi connectivity index (χ0) is 49.7.